The van der Waals surface area contributed by atoms with Gasteiger partial charge < -0.3 is 5.11 Å². The van der Waals surface area contributed by atoms with Gasteiger partial charge in [0, 0.05) is 6.61 Å². The van der Waals surface area contributed by atoms with Crippen LogP contribution in [0.25, 0.3) is 0 Å². The zero-order chi connectivity index (χ0) is 7.54. The lowest BCUT2D eigenvalue weighted by atomic mass is 10.2. The second-order valence-electron chi connectivity index (χ2n) is 2.02. The molecular formula is C8H21ClO. The fraction of sp³-hybridized carbons (Fsp3) is 1.00. The van der Waals surface area contributed by atoms with E-state index in [9.17, 15) is 0 Å². The van der Waals surface area contributed by atoms with Crippen molar-refractivity contribution in [1.82, 2.24) is 0 Å². The van der Waals surface area contributed by atoms with Crippen molar-refractivity contribution in [2.24, 2.45) is 0 Å². The summed E-state index contributed by atoms with van der Waals surface area (Å²) in [5, 5.41) is 7.57. The number of unbranched alkanes of at least 4 members (excludes halogenated alkanes) is 3. The number of hydrogen-bond acceptors (Lipinski definition) is 1. The molecule has 1 N–H and O–H groups in total. The van der Waals surface area contributed by atoms with Crippen LogP contribution in [0, 0.1) is 0 Å². The van der Waals surface area contributed by atoms with E-state index in [0.717, 1.165) is 0 Å². The molecule has 0 radical (unpaired) electrons. The van der Waals surface area contributed by atoms with E-state index in [2.05, 4.69) is 13.8 Å². The molecule has 0 aliphatic carbocycles. The Bertz CT molecular complexity index is 28.4. The van der Waals surface area contributed by atoms with Crippen molar-refractivity contribution in [3.63, 3.8) is 0 Å². The Morgan fingerprint density at radius 3 is 1.20 bits per heavy atom. The quantitative estimate of drug-likeness (QED) is 0.643. The molecule has 0 aliphatic heterocycles. The number of aliphatic hydroxyl groups is 1. The predicted octanol–water partition coefficient (Wildman–Crippen LogP) is 3.01. The Balaban J connectivity index is -0.000000107. The minimum atomic E-state index is 0. The molecule has 0 atom stereocenters. The SMILES string of the molecule is CCCCCC.CCO.Cl. The summed E-state index contributed by atoms with van der Waals surface area (Å²) in [5.74, 6) is 0. The molecule has 2 heteroatoms. The van der Waals surface area contributed by atoms with Gasteiger partial charge in [0.25, 0.3) is 0 Å². The third-order valence-corrected chi connectivity index (χ3v) is 0.957. The lowest BCUT2D eigenvalue weighted by molar-refractivity contribution is 0.318. The van der Waals surface area contributed by atoms with Crippen molar-refractivity contribution in [2.45, 2.75) is 46.5 Å². The molecule has 0 aliphatic rings. The molecule has 0 fully saturated rings. The van der Waals surface area contributed by atoms with Crippen LogP contribution in [0.2, 0.25) is 0 Å². The highest BCUT2D eigenvalue weighted by Gasteiger charge is 1.75. The molecule has 0 spiro atoms. The van der Waals surface area contributed by atoms with Gasteiger partial charge in [-0.25, -0.2) is 0 Å². The van der Waals surface area contributed by atoms with Crippen LogP contribution in [0.15, 0.2) is 0 Å². The van der Waals surface area contributed by atoms with Gasteiger partial charge in [0.2, 0.25) is 0 Å². The maximum atomic E-state index is 7.57. The van der Waals surface area contributed by atoms with E-state index in [1.54, 1.807) is 6.92 Å². The standard InChI is InChI=1S/C6H14.C2H6O.ClH/c1-3-5-6-4-2;1-2-3;/h3-6H2,1-2H3;3H,2H2,1H3;1H. The lowest BCUT2D eigenvalue weighted by Gasteiger charge is -1.86. The smallest absolute Gasteiger partial charge is 0.0402 e. The average molecular weight is 169 g/mol. The van der Waals surface area contributed by atoms with Gasteiger partial charge in [-0.1, -0.05) is 39.5 Å². The second kappa shape index (κ2) is 22.8. The van der Waals surface area contributed by atoms with E-state index < -0.39 is 0 Å². The molecule has 0 bridgehead atoms. The zero-order valence-corrected chi connectivity index (χ0v) is 8.21. The summed E-state index contributed by atoms with van der Waals surface area (Å²) in [5.41, 5.74) is 0. The first-order chi connectivity index (χ1) is 4.33. The summed E-state index contributed by atoms with van der Waals surface area (Å²) in [7, 11) is 0. The Hall–Kier alpha value is 0.250. The van der Waals surface area contributed by atoms with E-state index in [1.807, 2.05) is 0 Å². The van der Waals surface area contributed by atoms with Crippen molar-refractivity contribution in [3.05, 3.63) is 0 Å². The van der Waals surface area contributed by atoms with Crippen LogP contribution in [0.1, 0.15) is 46.5 Å². The highest BCUT2D eigenvalue weighted by Crippen LogP contribution is 1.95. The van der Waals surface area contributed by atoms with Gasteiger partial charge in [-0.15, -0.1) is 12.4 Å². The molecule has 0 saturated carbocycles. The number of halogens is 1. The molecule has 0 aromatic carbocycles. The minimum absolute atomic E-state index is 0. The van der Waals surface area contributed by atoms with Crippen LogP contribution in [-0.2, 0) is 0 Å². The first kappa shape index (κ1) is 16.7. The summed E-state index contributed by atoms with van der Waals surface area (Å²) >= 11 is 0. The van der Waals surface area contributed by atoms with E-state index in [4.69, 9.17) is 5.11 Å². The van der Waals surface area contributed by atoms with Gasteiger partial charge in [0.15, 0.2) is 0 Å². The molecular weight excluding hydrogens is 148 g/mol. The molecule has 0 aromatic heterocycles. The Labute approximate surface area is 71.2 Å². The molecule has 0 aromatic rings. The average Bonchev–Trinajstić information content (AvgIpc) is 1.86. The molecule has 66 valence electrons. The highest BCUT2D eigenvalue weighted by molar-refractivity contribution is 5.85. The van der Waals surface area contributed by atoms with E-state index in [-0.39, 0.29) is 19.0 Å². The van der Waals surface area contributed by atoms with Crippen LogP contribution in [0.3, 0.4) is 0 Å². The van der Waals surface area contributed by atoms with Crippen molar-refractivity contribution in [2.75, 3.05) is 6.61 Å². The lowest BCUT2D eigenvalue weighted by Crippen LogP contribution is -1.66. The Kier molecular flexibility index (Phi) is 38.1. The van der Waals surface area contributed by atoms with Crippen molar-refractivity contribution in [1.29, 1.82) is 0 Å². The molecule has 0 saturated heterocycles. The van der Waals surface area contributed by atoms with Gasteiger partial charge in [-0.3, -0.25) is 0 Å². The van der Waals surface area contributed by atoms with Crippen LogP contribution in [-0.4, -0.2) is 11.7 Å². The van der Waals surface area contributed by atoms with Gasteiger partial charge in [-0.2, -0.15) is 0 Å². The molecule has 0 rings (SSSR count). The largest absolute Gasteiger partial charge is 0.397 e. The Morgan fingerprint density at radius 1 is 0.900 bits per heavy atom. The highest BCUT2D eigenvalue weighted by atomic mass is 35.5. The van der Waals surface area contributed by atoms with Crippen molar-refractivity contribution in [3.8, 4) is 0 Å². The topological polar surface area (TPSA) is 20.2 Å². The van der Waals surface area contributed by atoms with E-state index >= 15 is 0 Å². The first-order valence-corrected chi connectivity index (χ1v) is 3.94. The fourth-order valence-corrected chi connectivity index (χ4v) is 0.500. The summed E-state index contributed by atoms with van der Waals surface area (Å²) in [4.78, 5) is 0. The summed E-state index contributed by atoms with van der Waals surface area (Å²) < 4.78 is 0. The van der Waals surface area contributed by atoms with Crippen LogP contribution < -0.4 is 0 Å². The number of rotatable bonds is 3. The maximum absolute atomic E-state index is 7.57. The number of aliphatic hydroxyl groups excluding tert-OH is 1. The predicted molar refractivity (Wildman–Crippen MR) is 49.8 cm³/mol. The second-order valence-corrected chi connectivity index (χ2v) is 2.02. The van der Waals surface area contributed by atoms with Gasteiger partial charge in [0.1, 0.15) is 0 Å². The number of hydrogen-bond donors (Lipinski definition) is 1. The van der Waals surface area contributed by atoms with Gasteiger partial charge >= 0.3 is 0 Å². The summed E-state index contributed by atoms with van der Waals surface area (Å²) in [6.45, 7) is 6.39. The monoisotopic (exact) mass is 168 g/mol. The third-order valence-electron chi connectivity index (χ3n) is 0.957. The zero-order valence-electron chi connectivity index (χ0n) is 7.39. The Morgan fingerprint density at radius 2 is 1.10 bits per heavy atom. The molecule has 10 heavy (non-hydrogen) atoms. The van der Waals surface area contributed by atoms with Crippen LogP contribution >= 0.6 is 12.4 Å². The molecule has 0 heterocycles. The molecule has 0 unspecified atom stereocenters. The van der Waals surface area contributed by atoms with Gasteiger partial charge in [-0.05, 0) is 6.92 Å². The van der Waals surface area contributed by atoms with Gasteiger partial charge in [0.05, 0.1) is 0 Å². The summed E-state index contributed by atoms with van der Waals surface area (Å²) in [6.07, 6.45) is 5.54. The van der Waals surface area contributed by atoms with Crippen LogP contribution in [0.4, 0.5) is 0 Å². The summed E-state index contributed by atoms with van der Waals surface area (Å²) in [6, 6.07) is 0. The third kappa shape index (κ3) is 41.1. The first-order valence-electron chi connectivity index (χ1n) is 3.94. The van der Waals surface area contributed by atoms with Crippen LogP contribution in [0.5, 0.6) is 0 Å². The van der Waals surface area contributed by atoms with Crippen molar-refractivity contribution < 1.29 is 5.11 Å². The molecule has 1 nitrogen and oxygen atoms in total. The fourth-order valence-electron chi connectivity index (χ4n) is 0.500. The minimum Gasteiger partial charge on any atom is -0.397 e. The van der Waals surface area contributed by atoms with E-state index in [1.165, 1.54) is 25.7 Å². The normalized spacial score (nSPS) is 7.20. The van der Waals surface area contributed by atoms with Crippen molar-refractivity contribution >= 4 is 12.4 Å². The van der Waals surface area contributed by atoms with E-state index in [0.29, 0.717) is 0 Å². The molecule has 0 amide bonds. The maximum Gasteiger partial charge on any atom is 0.0402 e.